The molecule has 4 aliphatic rings. The fraction of sp³-hybridized carbons (Fsp3) is 0.691. The molecule has 1 amide bonds. The van der Waals surface area contributed by atoms with E-state index in [0.717, 1.165) is 23.3 Å². The summed E-state index contributed by atoms with van der Waals surface area (Å²) in [7, 11) is 7.93. The zero-order valence-electron chi connectivity index (χ0n) is 44.3. The van der Waals surface area contributed by atoms with Crippen molar-refractivity contribution in [3.8, 4) is 22.8 Å². The lowest BCUT2D eigenvalue weighted by atomic mass is 9.81. The Bertz CT molecular complexity index is 2200. The highest BCUT2D eigenvalue weighted by Gasteiger charge is 2.56. The first-order valence-electron chi connectivity index (χ1n) is 25.9. The highest BCUT2D eigenvalue weighted by Crippen LogP contribution is 2.40. The molecule has 17 nitrogen and oxygen atoms in total. The molecule has 14 atom stereocenters. The van der Waals surface area contributed by atoms with Crippen LogP contribution in [0.1, 0.15) is 118 Å². The fourth-order valence-corrected chi connectivity index (χ4v) is 11.3. The van der Waals surface area contributed by atoms with Crippen LogP contribution in [-0.4, -0.2) is 145 Å². The largest absolute Gasteiger partial charge is 0.497 e. The van der Waals surface area contributed by atoms with Crippen LogP contribution in [0.3, 0.4) is 0 Å². The number of methoxy groups -OCH3 is 5. The van der Waals surface area contributed by atoms with Crippen molar-refractivity contribution < 1.29 is 67.3 Å². The van der Waals surface area contributed by atoms with Crippen molar-refractivity contribution in [1.82, 2.24) is 14.9 Å². The van der Waals surface area contributed by atoms with Gasteiger partial charge in [-0.05, 0) is 108 Å². The normalized spacial score (nSPS) is 34.8. The Labute approximate surface area is 425 Å². The number of esters is 1. The molecule has 1 aromatic carbocycles. The molecule has 0 radical (unpaired) electrons. The molecule has 1 aliphatic carbocycles. The number of aliphatic hydroxyl groups is 2. The van der Waals surface area contributed by atoms with Gasteiger partial charge in [0.2, 0.25) is 5.79 Å². The van der Waals surface area contributed by atoms with E-state index in [1.165, 1.54) is 19.1 Å². The smallest absolute Gasteiger partial charge is 0.329 e. The number of fused-ring (bicyclic) bond motifs is 3. The number of aromatic nitrogens is 2. The van der Waals surface area contributed by atoms with Gasteiger partial charge < -0.3 is 58.0 Å². The number of ketones is 2. The lowest BCUT2D eigenvalue weighted by molar-refractivity contribution is -0.302. The maximum atomic E-state index is 14.6. The number of piperidine rings is 1. The second kappa shape index (κ2) is 25.6. The summed E-state index contributed by atoms with van der Waals surface area (Å²) in [5, 5.41) is 24.1. The summed E-state index contributed by atoms with van der Waals surface area (Å²) in [5.41, 5.74) is 3.30. The number of benzene rings is 1. The molecule has 6 rings (SSSR count). The molecule has 4 heterocycles. The summed E-state index contributed by atoms with van der Waals surface area (Å²) in [6.07, 6.45) is 5.94. The van der Waals surface area contributed by atoms with Gasteiger partial charge in [-0.15, -0.1) is 0 Å². The molecule has 17 heteroatoms. The van der Waals surface area contributed by atoms with Crippen LogP contribution in [0.2, 0.25) is 0 Å². The SMILES string of the molecule is CC[C@@H]1/C=C(\C)C[C@H](C)C[C@H](OC)[C@H]2O[C@@](O)(C(=O)C(=O)N3CCCC[C@H]3C(=O)O[C@H](/C(C)=C/[C@@H]3CC[C@@H](OCc4ncc(-c5cc(OC)cc(OC)c5)[nH]4)[C@H](OC)C3)[C@H](C)[C@@H](O)CC1=O)[C@H](C)C[C@@H]2OC. The third kappa shape index (κ3) is 13.4. The van der Waals surface area contributed by atoms with Crippen LogP contribution in [0.15, 0.2) is 47.7 Å². The Kier molecular flexibility index (Phi) is 20.2. The first-order chi connectivity index (χ1) is 34.4. The van der Waals surface area contributed by atoms with Crippen molar-refractivity contribution in [3.05, 3.63) is 53.5 Å². The van der Waals surface area contributed by atoms with Crippen molar-refractivity contribution in [3.63, 3.8) is 0 Å². The highest BCUT2D eigenvalue weighted by molar-refractivity contribution is 6.39. The van der Waals surface area contributed by atoms with E-state index in [1.807, 2.05) is 39.0 Å². The summed E-state index contributed by atoms with van der Waals surface area (Å²) in [6, 6.07) is 4.44. The molecule has 0 unspecified atom stereocenters. The second-order valence-corrected chi connectivity index (χ2v) is 20.8. The molecule has 0 spiro atoms. The van der Waals surface area contributed by atoms with E-state index in [-0.39, 0.29) is 62.2 Å². The van der Waals surface area contributed by atoms with Gasteiger partial charge in [-0.25, -0.2) is 9.78 Å². The number of aromatic amines is 1. The van der Waals surface area contributed by atoms with Crippen LogP contribution in [0.25, 0.3) is 11.3 Å². The van der Waals surface area contributed by atoms with Crippen LogP contribution >= 0.6 is 0 Å². The summed E-state index contributed by atoms with van der Waals surface area (Å²) < 4.78 is 47.8. The monoisotopic (exact) mass is 1010 g/mol. The van der Waals surface area contributed by atoms with E-state index in [4.69, 9.17) is 37.9 Å². The Hall–Kier alpha value is -4.49. The predicted molar refractivity (Wildman–Crippen MR) is 268 cm³/mol. The minimum atomic E-state index is -2.52. The molecule has 2 saturated heterocycles. The number of Topliss-reactive ketones (excluding diaryl/α,β-unsaturated/α-hetero) is 2. The van der Waals surface area contributed by atoms with Gasteiger partial charge in [0.05, 0.1) is 56.6 Å². The molecule has 1 aromatic heterocycles. The summed E-state index contributed by atoms with van der Waals surface area (Å²) in [4.78, 5) is 66.6. The van der Waals surface area contributed by atoms with Gasteiger partial charge in [0.1, 0.15) is 48.0 Å². The number of allylic oxidation sites excluding steroid dienone is 3. The number of carbonyl (C=O) groups is 4. The number of H-pyrrole nitrogens is 1. The van der Waals surface area contributed by atoms with Crippen molar-refractivity contribution in [2.24, 2.45) is 29.6 Å². The number of nitrogens with zero attached hydrogens (tertiary/aromatic N) is 2. The van der Waals surface area contributed by atoms with Crippen molar-refractivity contribution in [2.45, 2.75) is 173 Å². The Morgan fingerprint density at radius 2 is 1.57 bits per heavy atom. The number of carbonyl (C=O) groups excluding carboxylic acids is 4. The Morgan fingerprint density at radius 3 is 2.22 bits per heavy atom. The zero-order chi connectivity index (χ0) is 52.4. The van der Waals surface area contributed by atoms with Gasteiger partial charge >= 0.3 is 5.97 Å². The van der Waals surface area contributed by atoms with Crippen molar-refractivity contribution in [2.75, 3.05) is 42.1 Å². The van der Waals surface area contributed by atoms with E-state index < -0.39 is 77.8 Å². The minimum absolute atomic E-state index is 0.0194. The molecular formula is C55H81N3O14. The quantitative estimate of drug-likeness (QED) is 0.110. The van der Waals surface area contributed by atoms with Gasteiger partial charge in [-0.2, -0.15) is 0 Å². The van der Waals surface area contributed by atoms with Crippen LogP contribution in [0, 0.1) is 29.6 Å². The summed E-state index contributed by atoms with van der Waals surface area (Å²) in [6.45, 7) is 11.5. The Morgan fingerprint density at radius 1 is 0.889 bits per heavy atom. The van der Waals surface area contributed by atoms with Crippen LogP contribution in [0.4, 0.5) is 0 Å². The third-order valence-electron chi connectivity index (χ3n) is 15.6. The van der Waals surface area contributed by atoms with Gasteiger partial charge in [0, 0.05) is 63.7 Å². The number of hydrogen-bond donors (Lipinski definition) is 3. The number of rotatable bonds is 12. The molecule has 3 fully saturated rings. The average molecular weight is 1010 g/mol. The zero-order valence-corrected chi connectivity index (χ0v) is 44.3. The Balaban J connectivity index is 1.25. The van der Waals surface area contributed by atoms with Crippen LogP contribution in [-0.2, 0) is 54.2 Å². The molecule has 2 bridgehead atoms. The lowest BCUT2D eigenvalue weighted by Gasteiger charge is -2.47. The average Bonchev–Trinajstić information content (AvgIpc) is 3.87. The summed E-state index contributed by atoms with van der Waals surface area (Å²) in [5.74, 6) is -5.69. The molecule has 400 valence electrons. The second-order valence-electron chi connectivity index (χ2n) is 20.8. The molecule has 2 aromatic rings. The first kappa shape index (κ1) is 56.8. The molecule has 3 N–H and O–H groups in total. The molecular weight excluding hydrogens is 927 g/mol. The lowest BCUT2D eigenvalue weighted by Crippen LogP contribution is -2.64. The van der Waals surface area contributed by atoms with Gasteiger partial charge in [-0.1, -0.05) is 45.4 Å². The fourth-order valence-electron chi connectivity index (χ4n) is 11.3. The minimum Gasteiger partial charge on any atom is -0.497 e. The van der Waals surface area contributed by atoms with E-state index >= 15 is 0 Å². The van der Waals surface area contributed by atoms with Gasteiger partial charge in [0.15, 0.2) is 0 Å². The number of hydrogen-bond acceptors (Lipinski definition) is 15. The number of aliphatic hydroxyl groups excluding tert-OH is 1. The van der Waals surface area contributed by atoms with Crippen LogP contribution in [0.5, 0.6) is 11.5 Å². The van der Waals surface area contributed by atoms with Crippen molar-refractivity contribution in [1.29, 1.82) is 0 Å². The van der Waals surface area contributed by atoms with Gasteiger partial charge in [0.25, 0.3) is 11.7 Å². The van der Waals surface area contributed by atoms with Gasteiger partial charge in [-0.3, -0.25) is 14.4 Å². The predicted octanol–water partition coefficient (Wildman–Crippen LogP) is 7.10. The topological polar surface area (TPSA) is 214 Å². The third-order valence-corrected chi connectivity index (χ3v) is 15.6. The maximum absolute atomic E-state index is 14.6. The number of nitrogens with one attached hydrogen (secondary N) is 1. The number of imidazole rings is 1. The standard InChI is InChI=1S/C55H81N3O14/c1-12-37-20-31(2)19-32(3)21-47(68-10)51-48(69-11)23-34(5)55(64,72-51)52(61)53(62)58-18-14-13-15-42(58)54(63)71-50(35(6)43(59)28-44(37)60)33(4)22-36-16-17-45(46(24-36)67-9)70-30-49-56-29-41(57-49)38-25-39(65-7)27-40(26-38)66-8/h20,22,25-27,29,32,34-37,42-43,45-48,50-51,59,64H,12-19,21,23-24,28,30H2,1-11H3,(H,56,57)/b31-20+,33-22+/t32-,34+,35+,36-,37+,42-,43-,45+,46+,47-,48-,50+,51+,55+/m0/s1. The highest BCUT2D eigenvalue weighted by atomic mass is 16.7. The molecule has 3 aliphatic heterocycles. The van der Waals surface area contributed by atoms with Crippen LogP contribution < -0.4 is 9.47 Å². The van der Waals surface area contributed by atoms with E-state index in [1.54, 1.807) is 47.4 Å². The number of amides is 1. The number of ether oxygens (including phenoxy) is 8. The van der Waals surface area contributed by atoms with E-state index in [0.29, 0.717) is 67.8 Å². The first-order valence-corrected chi connectivity index (χ1v) is 25.9. The van der Waals surface area contributed by atoms with E-state index in [9.17, 15) is 29.4 Å². The summed E-state index contributed by atoms with van der Waals surface area (Å²) >= 11 is 0. The molecule has 72 heavy (non-hydrogen) atoms. The van der Waals surface area contributed by atoms with Crippen molar-refractivity contribution >= 4 is 23.4 Å². The number of cyclic esters (lactones) is 1. The maximum Gasteiger partial charge on any atom is 0.329 e. The molecule has 1 saturated carbocycles. The van der Waals surface area contributed by atoms with E-state index in [2.05, 4.69) is 23.0 Å².